The van der Waals surface area contributed by atoms with Gasteiger partial charge in [0, 0.05) is 5.69 Å². The average Bonchev–Trinajstić information content (AvgIpc) is 2.05. The molecule has 0 aromatic heterocycles. The van der Waals surface area contributed by atoms with Gasteiger partial charge in [-0.1, -0.05) is 19.1 Å². The number of hydrogen-bond acceptors (Lipinski definition) is 2. The van der Waals surface area contributed by atoms with Gasteiger partial charge in [0.25, 0.3) is 0 Å². The van der Waals surface area contributed by atoms with E-state index in [2.05, 4.69) is 31.7 Å². The molecule has 1 nitrogen and oxygen atoms in total. The summed E-state index contributed by atoms with van der Waals surface area (Å²) in [6.45, 7) is 2.15. The molecule has 1 rings (SSSR count). The summed E-state index contributed by atoms with van der Waals surface area (Å²) in [5.74, 6) is 1.39. The van der Waals surface area contributed by atoms with Crippen LogP contribution in [0, 0.1) is 0 Å². The van der Waals surface area contributed by atoms with Crippen molar-refractivity contribution in [2.45, 2.75) is 12.8 Å². The van der Waals surface area contributed by atoms with Crippen LogP contribution in [0.2, 0.25) is 0 Å². The molecule has 0 saturated heterocycles. The van der Waals surface area contributed by atoms with Crippen molar-refractivity contribution in [3.8, 4) is 0 Å². The van der Waals surface area contributed by atoms with E-state index in [1.165, 1.54) is 5.56 Å². The number of nitrogens with two attached hydrogens (primary N) is 1. The molecule has 0 amide bonds. The van der Waals surface area contributed by atoms with Gasteiger partial charge in [0.05, 0.1) is 0 Å². The zero-order valence-corrected chi connectivity index (χ0v) is 7.51. The van der Waals surface area contributed by atoms with Crippen molar-refractivity contribution in [2.75, 3.05) is 11.5 Å². The third-order valence-corrected chi connectivity index (χ3v) is 2.33. The van der Waals surface area contributed by atoms with E-state index in [1.807, 2.05) is 12.1 Å². The zero-order chi connectivity index (χ0) is 8.27. The molecule has 0 aliphatic rings. The second-order valence-corrected chi connectivity index (χ2v) is 3.12. The molecule has 0 radical (unpaired) electrons. The molecule has 2 heteroatoms. The number of nitrogen functional groups attached to an aromatic ring is 1. The first-order chi connectivity index (χ1) is 5.24. The minimum Gasteiger partial charge on any atom is -0.399 e. The topological polar surface area (TPSA) is 26.0 Å². The van der Waals surface area contributed by atoms with Crippen LogP contribution in [0.3, 0.4) is 0 Å². The molecule has 0 bridgehead atoms. The van der Waals surface area contributed by atoms with Crippen molar-refractivity contribution in [1.82, 2.24) is 0 Å². The second kappa shape index (κ2) is 3.67. The maximum atomic E-state index is 5.55. The van der Waals surface area contributed by atoms with E-state index in [0.717, 1.165) is 11.4 Å². The van der Waals surface area contributed by atoms with Crippen molar-refractivity contribution in [3.05, 3.63) is 29.8 Å². The highest BCUT2D eigenvalue weighted by atomic mass is 32.1. The maximum Gasteiger partial charge on any atom is 0.0314 e. The summed E-state index contributed by atoms with van der Waals surface area (Å²) >= 11 is 4.22. The first kappa shape index (κ1) is 8.47. The Labute approximate surface area is 73.0 Å². The number of hydrogen-bond donors (Lipinski definition) is 2. The van der Waals surface area contributed by atoms with Gasteiger partial charge in [0.15, 0.2) is 0 Å². The van der Waals surface area contributed by atoms with Crippen molar-refractivity contribution >= 4 is 18.3 Å². The van der Waals surface area contributed by atoms with Crippen LogP contribution in [0.4, 0.5) is 5.69 Å². The smallest absolute Gasteiger partial charge is 0.0314 e. The SMILES string of the molecule is CC(CS)c1ccc(N)cc1. The Kier molecular flexibility index (Phi) is 2.83. The third kappa shape index (κ3) is 2.15. The van der Waals surface area contributed by atoms with Crippen molar-refractivity contribution < 1.29 is 0 Å². The van der Waals surface area contributed by atoms with Gasteiger partial charge in [-0.15, -0.1) is 0 Å². The van der Waals surface area contributed by atoms with Gasteiger partial charge in [-0.2, -0.15) is 12.6 Å². The molecule has 0 aliphatic carbocycles. The number of rotatable bonds is 2. The van der Waals surface area contributed by atoms with Crippen LogP contribution in [-0.2, 0) is 0 Å². The summed E-state index contributed by atoms with van der Waals surface area (Å²) < 4.78 is 0. The molecule has 0 aliphatic heterocycles. The van der Waals surface area contributed by atoms with E-state index >= 15 is 0 Å². The molecule has 0 heterocycles. The molecule has 2 N–H and O–H groups in total. The molecule has 0 fully saturated rings. The van der Waals surface area contributed by atoms with Gasteiger partial charge in [-0.05, 0) is 29.4 Å². The molecule has 60 valence electrons. The molecule has 0 saturated carbocycles. The van der Waals surface area contributed by atoms with Crippen LogP contribution in [0.25, 0.3) is 0 Å². The lowest BCUT2D eigenvalue weighted by Crippen LogP contribution is -1.94. The molecule has 1 aromatic rings. The summed E-state index contributed by atoms with van der Waals surface area (Å²) in [5, 5.41) is 0. The predicted molar refractivity (Wildman–Crippen MR) is 53.1 cm³/mol. The molecule has 1 unspecified atom stereocenters. The largest absolute Gasteiger partial charge is 0.399 e. The summed E-state index contributed by atoms with van der Waals surface area (Å²) in [5.41, 5.74) is 7.67. The van der Waals surface area contributed by atoms with Crippen molar-refractivity contribution in [2.24, 2.45) is 0 Å². The van der Waals surface area contributed by atoms with E-state index in [0.29, 0.717) is 5.92 Å². The van der Waals surface area contributed by atoms with Gasteiger partial charge >= 0.3 is 0 Å². The number of thiol groups is 1. The van der Waals surface area contributed by atoms with E-state index in [9.17, 15) is 0 Å². The molecule has 1 atom stereocenters. The standard InChI is InChI=1S/C9H13NS/c1-7(6-11)8-2-4-9(10)5-3-8/h2-5,7,11H,6,10H2,1H3. The Morgan fingerprint density at radius 2 is 1.91 bits per heavy atom. The van der Waals surface area contributed by atoms with E-state index in [1.54, 1.807) is 0 Å². The normalized spacial score (nSPS) is 12.9. The van der Waals surface area contributed by atoms with E-state index < -0.39 is 0 Å². The van der Waals surface area contributed by atoms with Gasteiger partial charge in [0.1, 0.15) is 0 Å². The first-order valence-electron chi connectivity index (χ1n) is 3.70. The Balaban J connectivity index is 2.81. The van der Waals surface area contributed by atoms with Gasteiger partial charge in [-0.3, -0.25) is 0 Å². The van der Waals surface area contributed by atoms with Gasteiger partial charge in [-0.25, -0.2) is 0 Å². The van der Waals surface area contributed by atoms with Crippen LogP contribution in [-0.4, -0.2) is 5.75 Å². The summed E-state index contributed by atoms with van der Waals surface area (Å²) in [4.78, 5) is 0. The Hall–Kier alpha value is -0.630. The quantitative estimate of drug-likeness (QED) is 0.513. The molecular weight excluding hydrogens is 154 g/mol. The lowest BCUT2D eigenvalue weighted by molar-refractivity contribution is 0.884. The highest BCUT2D eigenvalue weighted by molar-refractivity contribution is 7.80. The third-order valence-electron chi connectivity index (χ3n) is 1.78. The highest BCUT2D eigenvalue weighted by Gasteiger charge is 2.00. The first-order valence-corrected chi connectivity index (χ1v) is 4.33. The van der Waals surface area contributed by atoms with E-state index in [-0.39, 0.29) is 0 Å². The lowest BCUT2D eigenvalue weighted by Gasteiger charge is -2.07. The van der Waals surface area contributed by atoms with Crippen molar-refractivity contribution in [3.63, 3.8) is 0 Å². The molecule has 11 heavy (non-hydrogen) atoms. The fourth-order valence-corrected chi connectivity index (χ4v) is 1.14. The summed E-state index contributed by atoms with van der Waals surface area (Å²) in [7, 11) is 0. The lowest BCUT2D eigenvalue weighted by atomic mass is 10.0. The van der Waals surface area contributed by atoms with Crippen LogP contribution < -0.4 is 5.73 Å². The van der Waals surface area contributed by atoms with Crippen LogP contribution in [0.1, 0.15) is 18.4 Å². The van der Waals surface area contributed by atoms with Crippen LogP contribution in [0.5, 0.6) is 0 Å². The predicted octanol–water partition coefficient (Wildman–Crippen LogP) is 2.30. The Morgan fingerprint density at radius 1 is 1.36 bits per heavy atom. The number of anilines is 1. The zero-order valence-electron chi connectivity index (χ0n) is 6.62. The monoisotopic (exact) mass is 167 g/mol. The average molecular weight is 167 g/mol. The minimum atomic E-state index is 0.513. The summed E-state index contributed by atoms with van der Waals surface area (Å²) in [6, 6.07) is 7.96. The van der Waals surface area contributed by atoms with Gasteiger partial charge < -0.3 is 5.73 Å². The second-order valence-electron chi connectivity index (χ2n) is 2.75. The molecule has 1 aromatic carbocycles. The minimum absolute atomic E-state index is 0.513. The summed E-state index contributed by atoms with van der Waals surface area (Å²) in [6.07, 6.45) is 0. The fraction of sp³-hybridized carbons (Fsp3) is 0.333. The van der Waals surface area contributed by atoms with E-state index in [4.69, 9.17) is 5.73 Å². The fourth-order valence-electron chi connectivity index (χ4n) is 0.930. The van der Waals surface area contributed by atoms with Crippen LogP contribution in [0.15, 0.2) is 24.3 Å². The highest BCUT2D eigenvalue weighted by Crippen LogP contribution is 2.17. The van der Waals surface area contributed by atoms with Crippen LogP contribution >= 0.6 is 12.6 Å². The maximum absolute atomic E-state index is 5.55. The Bertz CT molecular complexity index is 218. The number of benzene rings is 1. The van der Waals surface area contributed by atoms with Gasteiger partial charge in [0.2, 0.25) is 0 Å². The molecular formula is C9H13NS. The Morgan fingerprint density at radius 3 is 2.36 bits per heavy atom. The molecule has 0 spiro atoms. The van der Waals surface area contributed by atoms with Crippen molar-refractivity contribution in [1.29, 1.82) is 0 Å².